The van der Waals surface area contributed by atoms with Gasteiger partial charge >= 0.3 is 5.69 Å². The van der Waals surface area contributed by atoms with Crippen LogP contribution in [0.3, 0.4) is 0 Å². The maximum absolute atomic E-state index is 13.3. The van der Waals surface area contributed by atoms with Gasteiger partial charge < -0.3 is 10.1 Å². The Kier molecular flexibility index (Phi) is 7.44. The van der Waals surface area contributed by atoms with Gasteiger partial charge in [-0.15, -0.1) is 0 Å². The molecule has 0 atom stereocenters. The van der Waals surface area contributed by atoms with Crippen LogP contribution in [0.4, 0.5) is 14.9 Å². The summed E-state index contributed by atoms with van der Waals surface area (Å²) in [7, 11) is 0. The van der Waals surface area contributed by atoms with Gasteiger partial charge in [0.2, 0.25) is 5.75 Å². The number of halogens is 2. The number of carbonyl (C=O) groups excluding carboxylic acids is 3. The second-order valence-corrected chi connectivity index (χ2v) is 7.76. The first-order chi connectivity index (χ1) is 15.3. The summed E-state index contributed by atoms with van der Waals surface area (Å²) in [5, 5.41) is 13.3. The largest absolute Gasteiger partial charge is 0.477 e. The summed E-state index contributed by atoms with van der Waals surface area (Å²) in [6.45, 7) is -0.764. The number of thioether (sulfide) groups is 1. The summed E-state index contributed by atoms with van der Waals surface area (Å²) in [5.74, 6) is -2.32. The van der Waals surface area contributed by atoms with E-state index in [2.05, 4.69) is 5.32 Å². The lowest BCUT2D eigenvalue weighted by molar-refractivity contribution is -0.385. The van der Waals surface area contributed by atoms with Gasteiger partial charge in [-0.3, -0.25) is 29.4 Å². The van der Waals surface area contributed by atoms with Gasteiger partial charge in [0.05, 0.1) is 9.83 Å². The van der Waals surface area contributed by atoms with Crippen LogP contribution in [-0.2, 0) is 9.59 Å². The number of benzene rings is 2. The quantitative estimate of drug-likeness (QED) is 0.349. The molecule has 9 nitrogen and oxygen atoms in total. The molecule has 0 saturated carbocycles. The third-order valence-electron chi connectivity index (χ3n) is 4.20. The summed E-state index contributed by atoms with van der Waals surface area (Å²) >= 11 is 6.83. The van der Waals surface area contributed by atoms with Crippen molar-refractivity contribution < 1.29 is 28.4 Å². The smallest absolute Gasteiger partial charge is 0.311 e. The topological polar surface area (TPSA) is 119 Å². The van der Waals surface area contributed by atoms with Crippen molar-refractivity contribution in [3.05, 3.63) is 73.9 Å². The van der Waals surface area contributed by atoms with Gasteiger partial charge in [0.1, 0.15) is 5.82 Å². The Morgan fingerprint density at radius 2 is 2.03 bits per heavy atom. The highest BCUT2D eigenvalue weighted by molar-refractivity contribution is 8.18. The molecule has 1 fully saturated rings. The van der Waals surface area contributed by atoms with Gasteiger partial charge in [-0.25, -0.2) is 4.39 Å². The SMILES string of the molecule is O=C(COc1cc(F)ccc1[N+](=O)[O-])NCCN1C(=O)S/C(=C\c2ccccc2Cl)C1=O. The molecule has 2 aromatic carbocycles. The zero-order valence-electron chi connectivity index (χ0n) is 16.2. The molecule has 0 spiro atoms. The second kappa shape index (κ2) is 10.2. The van der Waals surface area contributed by atoms with Crippen LogP contribution in [0.25, 0.3) is 6.08 Å². The predicted molar refractivity (Wildman–Crippen MR) is 116 cm³/mol. The highest BCUT2D eigenvalue weighted by Crippen LogP contribution is 2.33. The standard InChI is InChI=1S/C20H15ClFN3O6S/c21-14-4-2-1-3-12(14)9-17-19(27)24(20(28)32-17)8-7-23-18(26)11-31-16-10-13(22)5-6-15(16)25(29)30/h1-6,9-10H,7-8,11H2,(H,23,26)/b17-9-. The summed E-state index contributed by atoms with van der Waals surface area (Å²) < 4.78 is 18.3. The highest BCUT2D eigenvalue weighted by Gasteiger charge is 2.34. The van der Waals surface area contributed by atoms with Crippen molar-refractivity contribution in [3.8, 4) is 5.75 Å². The number of nitro benzene ring substituents is 1. The number of nitrogens with one attached hydrogen (secondary N) is 1. The van der Waals surface area contributed by atoms with E-state index < -0.39 is 40.1 Å². The van der Waals surface area contributed by atoms with E-state index in [9.17, 15) is 28.9 Å². The van der Waals surface area contributed by atoms with Crippen LogP contribution < -0.4 is 10.1 Å². The van der Waals surface area contributed by atoms with Gasteiger partial charge in [-0.1, -0.05) is 29.8 Å². The van der Waals surface area contributed by atoms with Crippen LogP contribution in [-0.4, -0.2) is 46.6 Å². The molecule has 1 saturated heterocycles. The van der Waals surface area contributed by atoms with Crippen LogP contribution in [0.1, 0.15) is 5.56 Å². The van der Waals surface area contributed by atoms with E-state index in [1.807, 2.05) is 0 Å². The molecule has 12 heteroatoms. The van der Waals surface area contributed by atoms with Crippen molar-refractivity contribution in [2.75, 3.05) is 19.7 Å². The van der Waals surface area contributed by atoms with Crippen LogP contribution >= 0.6 is 23.4 Å². The van der Waals surface area contributed by atoms with Gasteiger partial charge in [0, 0.05) is 30.2 Å². The molecule has 1 aliphatic rings. The minimum atomic E-state index is -0.761. The molecule has 1 aliphatic heterocycles. The number of imide groups is 1. The Bertz CT molecular complexity index is 1130. The van der Waals surface area contributed by atoms with Gasteiger partial charge in [0.15, 0.2) is 6.61 Å². The van der Waals surface area contributed by atoms with Crippen molar-refractivity contribution in [2.45, 2.75) is 0 Å². The Balaban J connectivity index is 1.52. The number of hydrogen-bond donors (Lipinski definition) is 1. The highest BCUT2D eigenvalue weighted by atomic mass is 35.5. The van der Waals surface area contributed by atoms with Gasteiger partial charge in [-0.05, 0) is 35.5 Å². The minimum absolute atomic E-state index is 0.0646. The zero-order valence-corrected chi connectivity index (χ0v) is 17.8. The van der Waals surface area contributed by atoms with Crippen molar-refractivity contribution in [3.63, 3.8) is 0 Å². The first-order valence-corrected chi connectivity index (χ1v) is 10.3. The van der Waals surface area contributed by atoms with E-state index in [4.69, 9.17) is 16.3 Å². The average molecular weight is 480 g/mol. The Morgan fingerprint density at radius 1 is 1.28 bits per heavy atom. The van der Waals surface area contributed by atoms with Crippen LogP contribution in [0, 0.1) is 15.9 Å². The molecular weight excluding hydrogens is 465 g/mol. The number of amides is 3. The molecular formula is C20H15ClFN3O6S. The molecule has 1 heterocycles. The molecule has 0 aromatic heterocycles. The summed E-state index contributed by atoms with van der Waals surface area (Å²) in [6, 6.07) is 9.49. The molecule has 32 heavy (non-hydrogen) atoms. The monoisotopic (exact) mass is 479 g/mol. The first kappa shape index (κ1) is 23.2. The maximum atomic E-state index is 13.3. The fourth-order valence-corrected chi connectivity index (χ4v) is 3.73. The molecule has 0 bridgehead atoms. The van der Waals surface area contributed by atoms with Gasteiger partial charge in [0.25, 0.3) is 17.1 Å². The normalized spacial score (nSPS) is 14.7. The van der Waals surface area contributed by atoms with E-state index in [1.54, 1.807) is 24.3 Å². The molecule has 1 N–H and O–H groups in total. The fourth-order valence-electron chi connectivity index (χ4n) is 2.68. The lowest BCUT2D eigenvalue weighted by Crippen LogP contribution is -2.38. The number of hydrogen-bond acceptors (Lipinski definition) is 7. The second-order valence-electron chi connectivity index (χ2n) is 6.36. The Labute approximate surface area is 190 Å². The van der Waals surface area contributed by atoms with Crippen molar-refractivity contribution in [1.82, 2.24) is 10.2 Å². The fraction of sp³-hybridized carbons (Fsp3) is 0.150. The summed E-state index contributed by atoms with van der Waals surface area (Å²) in [4.78, 5) is 47.9. The average Bonchev–Trinajstić information content (AvgIpc) is 3.01. The van der Waals surface area contributed by atoms with Crippen LogP contribution in [0.15, 0.2) is 47.4 Å². The Hall–Kier alpha value is -3.44. The number of nitrogens with zero attached hydrogens (tertiary/aromatic N) is 2. The molecule has 3 rings (SSSR count). The molecule has 0 aliphatic carbocycles. The van der Waals surface area contributed by atoms with E-state index in [1.165, 1.54) is 6.08 Å². The van der Waals surface area contributed by atoms with Crippen molar-refractivity contribution in [2.24, 2.45) is 0 Å². The van der Waals surface area contributed by atoms with E-state index in [0.29, 0.717) is 10.6 Å². The van der Waals surface area contributed by atoms with Crippen LogP contribution in [0.5, 0.6) is 5.75 Å². The lowest BCUT2D eigenvalue weighted by atomic mass is 10.2. The Morgan fingerprint density at radius 3 is 2.75 bits per heavy atom. The molecule has 3 amide bonds. The van der Waals surface area contributed by atoms with E-state index >= 15 is 0 Å². The van der Waals surface area contributed by atoms with Crippen LogP contribution in [0.2, 0.25) is 5.02 Å². The minimum Gasteiger partial charge on any atom is -0.477 e. The van der Waals surface area contributed by atoms with Crippen molar-refractivity contribution >= 4 is 52.2 Å². The molecule has 166 valence electrons. The predicted octanol–water partition coefficient (Wildman–Crippen LogP) is 3.62. The zero-order chi connectivity index (χ0) is 23.3. The van der Waals surface area contributed by atoms with Crippen molar-refractivity contribution in [1.29, 1.82) is 0 Å². The first-order valence-electron chi connectivity index (χ1n) is 9.09. The summed E-state index contributed by atoms with van der Waals surface area (Å²) in [5.41, 5.74) is 0.110. The number of ether oxygens (including phenoxy) is 1. The lowest BCUT2D eigenvalue weighted by Gasteiger charge is -2.13. The van der Waals surface area contributed by atoms with Gasteiger partial charge in [-0.2, -0.15) is 0 Å². The maximum Gasteiger partial charge on any atom is 0.311 e. The number of rotatable bonds is 8. The third-order valence-corrected chi connectivity index (χ3v) is 5.45. The molecule has 0 radical (unpaired) electrons. The molecule has 2 aromatic rings. The summed E-state index contributed by atoms with van der Waals surface area (Å²) in [6.07, 6.45) is 1.52. The van der Waals surface area contributed by atoms with E-state index in [-0.39, 0.29) is 23.7 Å². The number of nitro groups is 1. The number of carbonyl (C=O) groups is 3. The third kappa shape index (κ3) is 5.62. The van der Waals surface area contributed by atoms with E-state index in [0.717, 1.165) is 34.9 Å². The molecule has 0 unspecified atom stereocenters.